The molecule has 2 aromatic carbocycles. The summed E-state index contributed by atoms with van der Waals surface area (Å²) in [4.78, 5) is 36.0. The molecule has 0 saturated carbocycles. The first-order valence-corrected chi connectivity index (χ1v) is 12.0. The van der Waals surface area contributed by atoms with Crippen molar-refractivity contribution < 1.29 is 32.3 Å². The lowest BCUT2D eigenvalue weighted by molar-refractivity contribution is -0.147. The number of esters is 1. The Hall–Kier alpha value is -2.79. The third-order valence-electron chi connectivity index (χ3n) is 4.83. The number of carbonyl (C=O) groups excluding carboxylic acids is 3. The third kappa shape index (κ3) is 7.10. The lowest BCUT2D eigenvalue weighted by Crippen LogP contribution is -2.40. The van der Waals surface area contributed by atoms with Crippen molar-refractivity contribution in [2.75, 3.05) is 38.2 Å². The number of ketones is 1. The normalized spacial score (nSPS) is 14.5. The average molecular weight is 495 g/mol. The van der Waals surface area contributed by atoms with Crippen LogP contribution in [-0.2, 0) is 29.1 Å². The molecule has 1 saturated heterocycles. The highest BCUT2D eigenvalue weighted by Gasteiger charge is 2.26. The van der Waals surface area contributed by atoms with Crippen molar-refractivity contribution in [1.82, 2.24) is 4.31 Å². The Balaban J connectivity index is 1.43. The lowest BCUT2D eigenvalue weighted by Gasteiger charge is -2.26. The maximum Gasteiger partial charge on any atom is 0.306 e. The van der Waals surface area contributed by atoms with Gasteiger partial charge in [-0.25, -0.2) is 8.42 Å². The molecule has 1 N–H and O–H groups in total. The number of hydrogen-bond acceptors (Lipinski definition) is 7. The zero-order valence-corrected chi connectivity index (χ0v) is 19.2. The molecule has 33 heavy (non-hydrogen) atoms. The Bertz CT molecular complexity index is 1100. The minimum atomic E-state index is -3.63. The highest BCUT2D eigenvalue weighted by atomic mass is 35.5. The van der Waals surface area contributed by atoms with Crippen LogP contribution in [0.15, 0.2) is 53.4 Å². The summed E-state index contributed by atoms with van der Waals surface area (Å²) >= 11 is 5.78. The first-order valence-electron chi connectivity index (χ1n) is 10.2. The van der Waals surface area contributed by atoms with Gasteiger partial charge in [-0.2, -0.15) is 4.31 Å². The van der Waals surface area contributed by atoms with Gasteiger partial charge in [0.15, 0.2) is 12.4 Å². The van der Waals surface area contributed by atoms with Gasteiger partial charge in [0.1, 0.15) is 0 Å². The number of benzene rings is 2. The number of nitrogens with one attached hydrogen (secondary N) is 1. The SMILES string of the molecule is O=C(COC(=O)CCC(=O)c1ccc(Cl)cc1)Nc1ccc(S(=O)(=O)N2CCOCC2)cc1. The monoisotopic (exact) mass is 494 g/mol. The van der Waals surface area contributed by atoms with Crippen LogP contribution < -0.4 is 5.32 Å². The smallest absolute Gasteiger partial charge is 0.306 e. The van der Waals surface area contributed by atoms with Crippen molar-refractivity contribution in [3.8, 4) is 0 Å². The zero-order valence-electron chi connectivity index (χ0n) is 17.7. The van der Waals surface area contributed by atoms with Crippen molar-refractivity contribution in [2.24, 2.45) is 0 Å². The maximum absolute atomic E-state index is 12.6. The lowest BCUT2D eigenvalue weighted by atomic mass is 10.1. The van der Waals surface area contributed by atoms with E-state index in [2.05, 4.69) is 5.32 Å². The van der Waals surface area contributed by atoms with E-state index in [9.17, 15) is 22.8 Å². The second-order valence-corrected chi connectivity index (χ2v) is 9.55. The minimum absolute atomic E-state index is 0.0544. The molecule has 0 spiro atoms. The number of morpholine rings is 1. The maximum atomic E-state index is 12.6. The summed E-state index contributed by atoms with van der Waals surface area (Å²) in [6.07, 6.45) is -0.218. The average Bonchev–Trinajstić information content (AvgIpc) is 2.82. The summed E-state index contributed by atoms with van der Waals surface area (Å²) in [5.74, 6) is -1.50. The molecule has 0 aliphatic carbocycles. The van der Waals surface area contributed by atoms with Gasteiger partial charge >= 0.3 is 5.97 Å². The molecule has 1 amide bonds. The topological polar surface area (TPSA) is 119 Å². The van der Waals surface area contributed by atoms with E-state index >= 15 is 0 Å². The van der Waals surface area contributed by atoms with E-state index in [0.717, 1.165) is 0 Å². The van der Waals surface area contributed by atoms with Crippen molar-refractivity contribution >= 4 is 45.0 Å². The molecule has 1 aliphatic rings. The summed E-state index contributed by atoms with van der Waals surface area (Å²) in [7, 11) is -3.63. The van der Waals surface area contributed by atoms with Gasteiger partial charge in [0.2, 0.25) is 10.0 Å². The molecule has 0 atom stereocenters. The molecule has 0 unspecified atom stereocenters. The minimum Gasteiger partial charge on any atom is -0.456 e. The van der Waals surface area contributed by atoms with E-state index in [1.807, 2.05) is 0 Å². The zero-order chi connectivity index (χ0) is 23.8. The molecule has 3 rings (SSSR count). The van der Waals surface area contributed by atoms with E-state index in [1.165, 1.54) is 28.6 Å². The van der Waals surface area contributed by atoms with Crippen LogP contribution in [0.4, 0.5) is 5.69 Å². The second-order valence-electron chi connectivity index (χ2n) is 7.18. The Kier molecular flexibility index (Phi) is 8.56. The molecule has 0 radical (unpaired) electrons. The molecule has 1 aliphatic heterocycles. The predicted octanol–water partition coefficient (Wildman–Crippen LogP) is 2.51. The Labute approximate surface area is 196 Å². The van der Waals surface area contributed by atoms with Gasteiger partial charge in [-0.3, -0.25) is 14.4 Å². The number of anilines is 1. The third-order valence-corrected chi connectivity index (χ3v) is 7.00. The largest absolute Gasteiger partial charge is 0.456 e. The molecule has 176 valence electrons. The molecule has 1 fully saturated rings. The molecule has 9 nitrogen and oxygen atoms in total. The number of nitrogens with zero attached hydrogens (tertiary/aromatic N) is 1. The van der Waals surface area contributed by atoms with Crippen LogP contribution in [0.1, 0.15) is 23.2 Å². The number of hydrogen-bond donors (Lipinski definition) is 1. The van der Waals surface area contributed by atoms with Gasteiger partial charge in [0.05, 0.1) is 24.5 Å². The van der Waals surface area contributed by atoms with Crippen LogP contribution in [0.2, 0.25) is 5.02 Å². The Morgan fingerprint density at radius 3 is 2.24 bits per heavy atom. The Morgan fingerprint density at radius 2 is 1.61 bits per heavy atom. The number of halogens is 1. The number of rotatable bonds is 9. The van der Waals surface area contributed by atoms with Gasteiger partial charge in [-0.15, -0.1) is 0 Å². The molecule has 1 heterocycles. The van der Waals surface area contributed by atoms with Crippen LogP contribution in [0.5, 0.6) is 0 Å². The van der Waals surface area contributed by atoms with E-state index in [4.69, 9.17) is 21.1 Å². The van der Waals surface area contributed by atoms with Crippen LogP contribution in [0.3, 0.4) is 0 Å². The van der Waals surface area contributed by atoms with Crippen molar-refractivity contribution in [3.63, 3.8) is 0 Å². The van der Waals surface area contributed by atoms with Crippen molar-refractivity contribution in [2.45, 2.75) is 17.7 Å². The van der Waals surface area contributed by atoms with Crippen LogP contribution in [-0.4, -0.2) is 63.3 Å². The molecule has 11 heteroatoms. The highest BCUT2D eigenvalue weighted by Crippen LogP contribution is 2.19. The van der Waals surface area contributed by atoms with Gasteiger partial charge in [0, 0.05) is 35.8 Å². The van der Waals surface area contributed by atoms with Crippen molar-refractivity contribution in [3.05, 3.63) is 59.1 Å². The van der Waals surface area contributed by atoms with Gasteiger partial charge in [0.25, 0.3) is 5.91 Å². The predicted molar refractivity (Wildman–Crippen MR) is 121 cm³/mol. The summed E-state index contributed by atoms with van der Waals surface area (Å²) in [5, 5.41) is 3.03. The summed E-state index contributed by atoms with van der Waals surface area (Å²) in [6, 6.07) is 12.0. The van der Waals surface area contributed by atoms with Crippen molar-refractivity contribution in [1.29, 1.82) is 0 Å². The number of ether oxygens (including phenoxy) is 2. The van der Waals surface area contributed by atoms with E-state index in [0.29, 0.717) is 29.5 Å². The van der Waals surface area contributed by atoms with E-state index in [-0.39, 0.29) is 36.6 Å². The van der Waals surface area contributed by atoms with E-state index in [1.54, 1.807) is 24.3 Å². The molecular weight excluding hydrogens is 472 g/mol. The number of carbonyl (C=O) groups is 3. The molecule has 0 aromatic heterocycles. The summed E-state index contributed by atoms with van der Waals surface area (Å²) in [5.41, 5.74) is 0.791. The molecular formula is C22H23ClN2O7S. The van der Waals surface area contributed by atoms with Crippen LogP contribution >= 0.6 is 11.6 Å². The highest BCUT2D eigenvalue weighted by molar-refractivity contribution is 7.89. The molecule has 2 aromatic rings. The quantitative estimate of drug-likeness (QED) is 0.420. The van der Waals surface area contributed by atoms with Gasteiger partial charge in [-0.05, 0) is 48.5 Å². The van der Waals surface area contributed by atoms with Crippen LogP contribution in [0, 0.1) is 0 Å². The molecule has 0 bridgehead atoms. The number of Topliss-reactive ketones (excluding diaryl/α,β-unsaturated/α-hetero) is 1. The fourth-order valence-electron chi connectivity index (χ4n) is 3.06. The fraction of sp³-hybridized carbons (Fsp3) is 0.318. The number of amides is 1. The van der Waals surface area contributed by atoms with E-state index < -0.39 is 28.5 Å². The van der Waals surface area contributed by atoms with Gasteiger partial charge < -0.3 is 14.8 Å². The summed E-state index contributed by atoms with van der Waals surface area (Å²) in [6.45, 7) is 0.750. The first-order chi connectivity index (χ1) is 15.8. The fourth-order valence-corrected chi connectivity index (χ4v) is 4.59. The van der Waals surface area contributed by atoms with Crippen LogP contribution in [0.25, 0.3) is 0 Å². The Morgan fingerprint density at radius 1 is 0.970 bits per heavy atom. The van der Waals surface area contributed by atoms with Gasteiger partial charge in [-0.1, -0.05) is 11.6 Å². The first kappa shape index (κ1) is 24.8. The number of sulfonamides is 1. The summed E-state index contributed by atoms with van der Waals surface area (Å²) < 4.78 is 36.6. The standard InChI is InChI=1S/C22H23ClN2O7S/c23-17-3-1-16(2-4-17)20(26)9-10-22(28)32-15-21(27)24-18-5-7-19(8-6-18)33(29,30)25-11-13-31-14-12-25/h1-8H,9-15H2,(H,24,27). The second kappa shape index (κ2) is 11.4.